The summed E-state index contributed by atoms with van der Waals surface area (Å²) < 4.78 is 4.20. The van der Waals surface area contributed by atoms with E-state index in [0.717, 1.165) is 6.08 Å². The highest BCUT2D eigenvalue weighted by atomic mass is 16.6. The van der Waals surface area contributed by atoms with Crippen molar-refractivity contribution >= 4 is 24.0 Å². The van der Waals surface area contributed by atoms with Crippen LogP contribution in [0.4, 0.5) is 0 Å². The van der Waals surface area contributed by atoms with E-state index >= 15 is 0 Å². The minimum atomic E-state index is -1.93. The number of ether oxygens (including phenoxy) is 1. The lowest BCUT2D eigenvalue weighted by molar-refractivity contribution is -0.165. The first-order chi connectivity index (χ1) is 9.79. The number of carboxylic acids is 1. The number of aromatic hydroxyl groups is 2. The van der Waals surface area contributed by atoms with E-state index in [1.54, 1.807) is 0 Å². The molecule has 0 aliphatic carbocycles. The first-order valence-corrected chi connectivity index (χ1v) is 5.65. The van der Waals surface area contributed by atoms with Gasteiger partial charge in [-0.2, -0.15) is 0 Å². The summed E-state index contributed by atoms with van der Waals surface area (Å²) in [4.78, 5) is 32.7. The summed E-state index contributed by atoms with van der Waals surface area (Å²) in [6.07, 6.45) is -0.769. The van der Waals surface area contributed by atoms with Crippen molar-refractivity contribution in [2.45, 2.75) is 12.5 Å². The molecular formula is C13H12O8. The molecule has 1 atom stereocenters. The summed E-state index contributed by atoms with van der Waals surface area (Å²) in [5, 5.41) is 35.8. The third-order valence-corrected chi connectivity index (χ3v) is 2.25. The number of benzene rings is 1. The van der Waals surface area contributed by atoms with Gasteiger partial charge in [0.1, 0.15) is 0 Å². The predicted molar refractivity (Wildman–Crippen MR) is 68.2 cm³/mol. The molecule has 0 spiro atoms. The third kappa shape index (κ3) is 5.33. The molecule has 0 heterocycles. The van der Waals surface area contributed by atoms with Crippen LogP contribution in [0.3, 0.4) is 0 Å². The van der Waals surface area contributed by atoms with E-state index in [1.807, 2.05) is 0 Å². The van der Waals surface area contributed by atoms with Gasteiger partial charge in [0.05, 0.1) is 6.42 Å². The van der Waals surface area contributed by atoms with Crippen molar-refractivity contribution in [3.05, 3.63) is 29.8 Å². The number of aliphatic hydroxyl groups excluding tert-OH is 1. The van der Waals surface area contributed by atoms with Gasteiger partial charge in [-0.3, -0.25) is 4.79 Å². The van der Waals surface area contributed by atoms with Crippen LogP contribution < -0.4 is 0 Å². The molecule has 8 heteroatoms. The molecule has 8 nitrogen and oxygen atoms in total. The Bertz CT molecular complexity index is 590. The molecule has 1 unspecified atom stereocenters. The summed E-state index contributed by atoms with van der Waals surface area (Å²) in [5.41, 5.74) is 0.348. The smallest absolute Gasteiger partial charge is 0.343 e. The number of esters is 2. The number of carboxylic acid groups (broad SMARTS) is 1. The number of phenols is 2. The van der Waals surface area contributed by atoms with Crippen LogP contribution in [0.5, 0.6) is 11.5 Å². The molecule has 0 amide bonds. The number of aliphatic hydroxyl groups is 1. The largest absolute Gasteiger partial charge is 0.504 e. The van der Waals surface area contributed by atoms with Gasteiger partial charge in [-0.05, 0) is 23.8 Å². The molecule has 0 aromatic heterocycles. The van der Waals surface area contributed by atoms with Crippen LogP contribution in [0.1, 0.15) is 12.0 Å². The zero-order chi connectivity index (χ0) is 16.0. The maximum absolute atomic E-state index is 11.3. The standard InChI is InChI=1S/C13H12O8/c14-8-3-1-7(5-9(8)15)2-4-12(19)21-13(20)10(16)6-11(17)18/h1-5,10,14-16H,6H2,(H,17,18). The fraction of sp³-hybridized carbons (Fsp3) is 0.154. The van der Waals surface area contributed by atoms with Gasteiger partial charge in [0.25, 0.3) is 0 Å². The molecule has 1 rings (SSSR count). The number of carbonyl (C=O) groups is 3. The highest BCUT2D eigenvalue weighted by molar-refractivity contribution is 5.96. The molecule has 0 aliphatic heterocycles. The van der Waals surface area contributed by atoms with E-state index in [4.69, 9.17) is 15.3 Å². The quantitative estimate of drug-likeness (QED) is 0.258. The molecule has 0 fully saturated rings. The number of aliphatic carboxylic acids is 1. The Morgan fingerprint density at radius 1 is 1.19 bits per heavy atom. The second kappa shape index (κ2) is 7.06. The Labute approximate surface area is 118 Å². The van der Waals surface area contributed by atoms with E-state index in [-0.39, 0.29) is 5.75 Å². The van der Waals surface area contributed by atoms with Crippen molar-refractivity contribution in [2.24, 2.45) is 0 Å². The predicted octanol–water partition coefficient (Wildman–Crippen LogP) is 0.0164. The zero-order valence-electron chi connectivity index (χ0n) is 10.6. The lowest BCUT2D eigenvalue weighted by Crippen LogP contribution is -2.27. The second-order valence-electron chi connectivity index (χ2n) is 3.94. The lowest BCUT2D eigenvalue weighted by atomic mass is 10.2. The Balaban J connectivity index is 2.60. The molecular weight excluding hydrogens is 284 g/mol. The second-order valence-corrected chi connectivity index (χ2v) is 3.94. The normalized spacial score (nSPS) is 12.0. The van der Waals surface area contributed by atoms with E-state index < -0.39 is 36.2 Å². The summed E-state index contributed by atoms with van der Waals surface area (Å²) in [6.45, 7) is 0. The van der Waals surface area contributed by atoms with Crippen LogP contribution >= 0.6 is 0 Å². The van der Waals surface area contributed by atoms with Gasteiger partial charge in [0.2, 0.25) is 0 Å². The van der Waals surface area contributed by atoms with Crippen LogP contribution in [0.2, 0.25) is 0 Å². The summed E-state index contributed by atoms with van der Waals surface area (Å²) in [5.74, 6) is -4.63. The molecule has 0 bridgehead atoms. The van der Waals surface area contributed by atoms with Crippen LogP contribution in [0.25, 0.3) is 6.08 Å². The average Bonchev–Trinajstić information content (AvgIpc) is 2.39. The molecule has 1 aromatic rings. The van der Waals surface area contributed by atoms with Gasteiger partial charge in [0.15, 0.2) is 17.6 Å². The zero-order valence-corrected chi connectivity index (χ0v) is 10.6. The van der Waals surface area contributed by atoms with Crippen molar-refractivity contribution < 1.29 is 39.5 Å². The topological polar surface area (TPSA) is 141 Å². The fourth-order valence-corrected chi connectivity index (χ4v) is 1.26. The minimum absolute atomic E-state index is 0.332. The molecule has 112 valence electrons. The van der Waals surface area contributed by atoms with Gasteiger partial charge < -0.3 is 25.2 Å². The molecule has 0 radical (unpaired) electrons. The van der Waals surface area contributed by atoms with E-state index in [0.29, 0.717) is 5.56 Å². The van der Waals surface area contributed by atoms with Crippen molar-refractivity contribution in [1.82, 2.24) is 0 Å². The van der Waals surface area contributed by atoms with E-state index in [2.05, 4.69) is 4.74 Å². The third-order valence-electron chi connectivity index (χ3n) is 2.25. The van der Waals surface area contributed by atoms with Crippen LogP contribution in [0, 0.1) is 0 Å². The van der Waals surface area contributed by atoms with Gasteiger partial charge in [-0.1, -0.05) is 6.07 Å². The maximum Gasteiger partial charge on any atom is 0.343 e. The van der Waals surface area contributed by atoms with Crippen LogP contribution in [0.15, 0.2) is 24.3 Å². The summed E-state index contributed by atoms with van der Waals surface area (Å²) in [6, 6.07) is 3.75. The summed E-state index contributed by atoms with van der Waals surface area (Å²) in [7, 11) is 0. The maximum atomic E-state index is 11.3. The van der Waals surface area contributed by atoms with Gasteiger partial charge >= 0.3 is 17.9 Å². The Hall–Kier alpha value is -2.87. The van der Waals surface area contributed by atoms with Gasteiger partial charge in [-0.15, -0.1) is 0 Å². The summed E-state index contributed by atoms with van der Waals surface area (Å²) >= 11 is 0. The monoisotopic (exact) mass is 296 g/mol. The first kappa shape index (κ1) is 16.2. The van der Waals surface area contributed by atoms with Crippen molar-refractivity contribution in [1.29, 1.82) is 0 Å². The highest BCUT2D eigenvalue weighted by Crippen LogP contribution is 2.25. The highest BCUT2D eigenvalue weighted by Gasteiger charge is 2.21. The van der Waals surface area contributed by atoms with Crippen LogP contribution in [-0.4, -0.2) is 44.4 Å². The lowest BCUT2D eigenvalue weighted by Gasteiger charge is -2.05. The Morgan fingerprint density at radius 2 is 1.86 bits per heavy atom. The molecule has 1 aromatic carbocycles. The number of carbonyl (C=O) groups excluding carboxylic acids is 2. The van der Waals surface area contributed by atoms with Gasteiger partial charge in [-0.25, -0.2) is 9.59 Å². The SMILES string of the molecule is O=C(O)CC(O)C(=O)OC(=O)C=Cc1ccc(O)c(O)c1. The van der Waals surface area contributed by atoms with Crippen molar-refractivity contribution in [2.75, 3.05) is 0 Å². The van der Waals surface area contributed by atoms with Crippen LogP contribution in [-0.2, 0) is 19.1 Å². The van der Waals surface area contributed by atoms with Gasteiger partial charge in [0, 0.05) is 6.08 Å². The number of rotatable bonds is 5. The average molecular weight is 296 g/mol. The molecule has 21 heavy (non-hydrogen) atoms. The number of hydrogen-bond acceptors (Lipinski definition) is 7. The molecule has 0 aliphatic rings. The Morgan fingerprint density at radius 3 is 2.43 bits per heavy atom. The van der Waals surface area contributed by atoms with E-state index in [1.165, 1.54) is 24.3 Å². The van der Waals surface area contributed by atoms with Crippen molar-refractivity contribution in [3.8, 4) is 11.5 Å². The molecule has 4 N–H and O–H groups in total. The van der Waals surface area contributed by atoms with Crippen molar-refractivity contribution in [3.63, 3.8) is 0 Å². The number of phenolic OH excluding ortho intramolecular Hbond substituents is 2. The minimum Gasteiger partial charge on any atom is -0.504 e. The Kier molecular flexibility index (Phi) is 5.44. The van der Waals surface area contributed by atoms with E-state index in [9.17, 15) is 19.5 Å². The first-order valence-electron chi connectivity index (χ1n) is 5.65. The molecule has 0 saturated heterocycles. The molecule has 0 saturated carbocycles. The number of hydrogen-bond donors (Lipinski definition) is 4. The fourth-order valence-electron chi connectivity index (χ4n) is 1.26.